The number of nitrogen functional groups attached to an aromatic ring is 1. The smallest absolute Gasteiger partial charge is 0.161 e. The summed E-state index contributed by atoms with van der Waals surface area (Å²) in [7, 11) is 3.92. The van der Waals surface area contributed by atoms with Crippen molar-refractivity contribution in [1.29, 1.82) is 0 Å². The summed E-state index contributed by atoms with van der Waals surface area (Å²) in [6.45, 7) is 3.33. The Morgan fingerprint density at radius 1 is 1.50 bits per heavy atom. The number of anilines is 2. The summed E-state index contributed by atoms with van der Waals surface area (Å²) in [4.78, 5) is 13.3. The van der Waals surface area contributed by atoms with E-state index in [9.17, 15) is 4.79 Å². The fourth-order valence-electron chi connectivity index (χ4n) is 1.52. The maximum atomic E-state index is 11.2. The molecule has 3 N–H and O–H groups in total. The van der Waals surface area contributed by atoms with E-state index in [1.165, 1.54) is 6.92 Å². The maximum absolute atomic E-state index is 11.2. The molecular formula is C12H19N3O. The van der Waals surface area contributed by atoms with E-state index in [0.29, 0.717) is 11.3 Å². The number of benzene rings is 1. The van der Waals surface area contributed by atoms with E-state index in [1.807, 2.05) is 26.2 Å². The molecule has 0 aliphatic carbocycles. The van der Waals surface area contributed by atoms with Crippen molar-refractivity contribution in [3.63, 3.8) is 0 Å². The lowest BCUT2D eigenvalue weighted by Gasteiger charge is -2.20. The Balaban J connectivity index is 2.84. The van der Waals surface area contributed by atoms with Gasteiger partial charge in [-0.2, -0.15) is 0 Å². The van der Waals surface area contributed by atoms with Gasteiger partial charge < -0.3 is 16.0 Å². The van der Waals surface area contributed by atoms with Gasteiger partial charge in [0.1, 0.15) is 0 Å². The summed E-state index contributed by atoms with van der Waals surface area (Å²) >= 11 is 0. The van der Waals surface area contributed by atoms with Gasteiger partial charge in [0.2, 0.25) is 0 Å². The number of nitrogens with one attached hydrogen (secondary N) is 1. The number of hydrogen-bond donors (Lipinski definition) is 2. The number of rotatable bonds is 5. The van der Waals surface area contributed by atoms with Crippen molar-refractivity contribution < 1.29 is 4.79 Å². The molecule has 4 nitrogen and oxygen atoms in total. The molecule has 0 fully saturated rings. The Kier molecular flexibility index (Phi) is 4.31. The second-order valence-electron chi connectivity index (χ2n) is 3.85. The lowest BCUT2D eigenvalue weighted by Crippen LogP contribution is -2.27. The van der Waals surface area contributed by atoms with E-state index in [1.54, 1.807) is 6.07 Å². The quantitative estimate of drug-likeness (QED) is 0.578. The van der Waals surface area contributed by atoms with Crippen molar-refractivity contribution in [2.24, 2.45) is 0 Å². The lowest BCUT2D eigenvalue weighted by molar-refractivity contribution is 0.101. The summed E-state index contributed by atoms with van der Waals surface area (Å²) in [5.74, 6) is 0.00179. The van der Waals surface area contributed by atoms with Crippen LogP contribution in [0.2, 0.25) is 0 Å². The highest BCUT2D eigenvalue weighted by molar-refractivity contribution is 5.99. The van der Waals surface area contributed by atoms with Crippen LogP contribution in [0.3, 0.4) is 0 Å². The van der Waals surface area contributed by atoms with Crippen LogP contribution in [-0.4, -0.2) is 33.0 Å². The molecule has 1 aromatic rings. The van der Waals surface area contributed by atoms with Crippen molar-refractivity contribution in [3.8, 4) is 0 Å². The van der Waals surface area contributed by atoms with Gasteiger partial charge in [0.15, 0.2) is 5.78 Å². The lowest BCUT2D eigenvalue weighted by atomic mass is 10.1. The number of carbonyl (C=O) groups excluding carboxylic acids is 1. The zero-order valence-corrected chi connectivity index (χ0v) is 10.1. The first kappa shape index (κ1) is 12.5. The Bertz CT molecular complexity index is 377. The molecule has 88 valence electrons. The Morgan fingerprint density at radius 2 is 2.19 bits per heavy atom. The molecule has 0 heterocycles. The standard InChI is InChI=1S/C12H19N3O/c1-9(16)11-5-4-10(8-12(11)13)15(3)7-6-14-2/h4-5,8,14H,6-7,13H2,1-3H3. The molecule has 0 saturated carbocycles. The number of likely N-dealkylation sites (N-methyl/N-ethyl adjacent to an activating group) is 2. The van der Waals surface area contributed by atoms with Gasteiger partial charge in [-0.05, 0) is 32.2 Å². The number of ketones is 1. The zero-order chi connectivity index (χ0) is 12.1. The fraction of sp³-hybridized carbons (Fsp3) is 0.417. The summed E-state index contributed by atoms with van der Waals surface area (Å²) in [5, 5.41) is 3.09. The molecule has 0 unspecified atom stereocenters. The molecule has 0 bridgehead atoms. The van der Waals surface area contributed by atoms with Gasteiger partial charge >= 0.3 is 0 Å². The monoisotopic (exact) mass is 221 g/mol. The average Bonchev–Trinajstić information content (AvgIpc) is 2.25. The van der Waals surface area contributed by atoms with Crippen LogP contribution in [-0.2, 0) is 0 Å². The SMILES string of the molecule is CNCCN(C)c1ccc(C(C)=O)c(N)c1. The van der Waals surface area contributed by atoms with Gasteiger partial charge in [-0.3, -0.25) is 4.79 Å². The summed E-state index contributed by atoms with van der Waals surface area (Å²) in [5.41, 5.74) is 7.98. The van der Waals surface area contributed by atoms with Gasteiger partial charge in [-0.15, -0.1) is 0 Å². The highest BCUT2D eigenvalue weighted by atomic mass is 16.1. The van der Waals surface area contributed by atoms with Crippen molar-refractivity contribution in [1.82, 2.24) is 5.32 Å². The number of nitrogens with two attached hydrogens (primary N) is 1. The Labute approximate surface area is 96.4 Å². The minimum Gasteiger partial charge on any atom is -0.398 e. The van der Waals surface area contributed by atoms with Crippen LogP contribution in [0.4, 0.5) is 11.4 Å². The molecule has 0 aliphatic heterocycles. The summed E-state index contributed by atoms with van der Waals surface area (Å²) < 4.78 is 0. The summed E-state index contributed by atoms with van der Waals surface area (Å²) in [6.07, 6.45) is 0. The molecule has 0 atom stereocenters. The molecule has 4 heteroatoms. The minimum absolute atomic E-state index is 0.00179. The zero-order valence-electron chi connectivity index (χ0n) is 10.1. The van der Waals surface area contributed by atoms with Crippen LogP contribution < -0.4 is 16.0 Å². The second kappa shape index (κ2) is 5.51. The van der Waals surface area contributed by atoms with Crippen molar-refractivity contribution in [2.75, 3.05) is 37.8 Å². The number of hydrogen-bond acceptors (Lipinski definition) is 4. The predicted octanol–water partition coefficient (Wildman–Crippen LogP) is 1.13. The van der Waals surface area contributed by atoms with Gasteiger partial charge in [0.25, 0.3) is 0 Å². The molecule has 1 rings (SSSR count). The predicted molar refractivity (Wildman–Crippen MR) is 68.1 cm³/mol. The molecular weight excluding hydrogens is 202 g/mol. The van der Waals surface area contributed by atoms with Crippen LogP contribution in [0, 0.1) is 0 Å². The molecule has 1 aromatic carbocycles. The van der Waals surface area contributed by atoms with Gasteiger partial charge in [0.05, 0.1) is 0 Å². The molecule has 16 heavy (non-hydrogen) atoms. The van der Waals surface area contributed by atoms with E-state index in [0.717, 1.165) is 18.8 Å². The highest BCUT2D eigenvalue weighted by Gasteiger charge is 2.07. The van der Waals surface area contributed by atoms with Crippen LogP contribution in [0.25, 0.3) is 0 Å². The van der Waals surface area contributed by atoms with Crippen LogP contribution in [0.5, 0.6) is 0 Å². The summed E-state index contributed by atoms with van der Waals surface area (Å²) in [6, 6.07) is 5.54. The molecule has 0 radical (unpaired) electrons. The third kappa shape index (κ3) is 2.97. The van der Waals surface area contributed by atoms with Gasteiger partial charge in [-0.1, -0.05) is 0 Å². The number of carbonyl (C=O) groups is 1. The highest BCUT2D eigenvalue weighted by Crippen LogP contribution is 2.20. The third-order valence-electron chi connectivity index (χ3n) is 2.55. The van der Waals surface area contributed by atoms with E-state index in [-0.39, 0.29) is 5.78 Å². The number of Topliss-reactive ketones (excluding diaryl/α,β-unsaturated/α-hetero) is 1. The largest absolute Gasteiger partial charge is 0.398 e. The van der Waals surface area contributed by atoms with Crippen LogP contribution in [0.15, 0.2) is 18.2 Å². The Morgan fingerprint density at radius 3 is 2.69 bits per heavy atom. The normalized spacial score (nSPS) is 10.2. The van der Waals surface area contributed by atoms with Crippen molar-refractivity contribution in [3.05, 3.63) is 23.8 Å². The van der Waals surface area contributed by atoms with E-state index in [2.05, 4.69) is 10.2 Å². The maximum Gasteiger partial charge on any atom is 0.161 e. The molecule has 0 aliphatic rings. The molecule has 0 aromatic heterocycles. The molecule has 0 saturated heterocycles. The molecule has 0 spiro atoms. The first-order chi connectivity index (χ1) is 7.56. The number of nitrogens with zero attached hydrogens (tertiary/aromatic N) is 1. The average molecular weight is 221 g/mol. The molecule has 0 amide bonds. The third-order valence-corrected chi connectivity index (χ3v) is 2.55. The second-order valence-corrected chi connectivity index (χ2v) is 3.85. The van der Waals surface area contributed by atoms with Crippen molar-refractivity contribution >= 4 is 17.2 Å². The fourth-order valence-corrected chi connectivity index (χ4v) is 1.52. The van der Waals surface area contributed by atoms with E-state index in [4.69, 9.17) is 5.73 Å². The minimum atomic E-state index is 0.00179. The van der Waals surface area contributed by atoms with E-state index < -0.39 is 0 Å². The first-order valence-electron chi connectivity index (χ1n) is 5.32. The Hall–Kier alpha value is -1.55. The van der Waals surface area contributed by atoms with E-state index >= 15 is 0 Å². The van der Waals surface area contributed by atoms with Crippen LogP contribution >= 0.6 is 0 Å². The van der Waals surface area contributed by atoms with Gasteiger partial charge in [0, 0.05) is 37.1 Å². The van der Waals surface area contributed by atoms with Gasteiger partial charge in [-0.25, -0.2) is 0 Å². The topological polar surface area (TPSA) is 58.4 Å². The van der Waals surface area contributed by atoms with Crippen LogP contribution in [0.1, 0.15) is 17.3 Å². The first-order valence-corrected chi connectivity index (χ1v) is 5.32. The van der Waals surface area contributed by atoms with Crippen molar-refractivity contribution in [2.45, 2.75) is 6.92 Å².